The fourth-order valence-corrected chi connectivity index (χ4v) is 4.23. The Morgan fingerprint density at radius 3 is 2.78 bits per heavy atom. The molecule has 1 N–H and O–H groups in total. The van der Waals surface area contributed by atoms with Crippen molar-refractivity contribution in [1.29, 1.82) is 0 Å². The van der Waals surface area contributed by atoms with Crippen LogP contribution in [-0.4, -0.2) is 34.2 Å². The van der Waals surface area contributed by atoms with Crippen molar-refractivity contribution in [2.24, 2.45) is 13.0 Å². The van der Waals surface area contributed by atoms with Crippen LogP contribution in [0.4, 0.5) is 0 Å². The molecule has 3 heterocycles. The van der Waals surface area contributed by atoms with Gasteiger partial charge in [0.25, 0.3) is 0 Å². The summed E-state index contributed by atoms with van der Waals surface area (Å²) in [5.41, 5.74) is 4.37. The molecule has 0 spiro atoms. The molecule has 4 rings (SSSR count). The van der Waals surface area contributed by atoms with Crippen LogP contribution in [0.3, 0.4) is 0 Å². The third-order valence-electron chi connectivity index (χ3n) is 5.89. The monoisotopic (exact) mass is 366 g/mol. The minimum absolute atomic E-state index is 0.0703. The van der Waals surface area contributed by atoms with Gasteiger partial charge in [0.1, 0.15) is 11.3 Å². The van der Waals surface area contributed by atoms with Crippen LogP contribution in [0, 0.1) is 19.8 Å². The summed E-state index contributed by atoms with van der Waals surface area (Å²) in [5.74, 6) is 1.37. The van der Waals surface area contributed by atoms with E-state index in [0.717, 1.165) is 41.1 Å². The number of aromatic nitrogens is 2. The third kappa shape index (κ3) is 3.04. The van der Waals surface area contributed by atoms with Crippen molar-refractivity contribution in [3.63, 3.8) is 0 Å². The van der Waals surface area contributed by atoms with Crippen LogP contribution in [0.25, 0.3) is 11.0 Å². The number of likely N-dealkylation sites (tertiary alicyclic amines) is 1. The van der Waals surface area contributed by atoms with Crippen molar-refractivity contribution in [2.75, 3.05) is 13.6 Å². The quantitative estimate of drug-likeness (QED) is 0.754. The van der Waals surface area contributed by atoms with Crippen molar-refractivity contribution in [3.05, 3.63) is 53.0 Å². The molecule has 0 unspecified atom stereocenters. The molecule has 27 heavy (non-hydrogen) atoms. The highest BCUT2D eigenvalue weighted by molar-refractivity contribution is 5.82. The molecule has 1 saturated heterocycles. The van der Waals surface area contributed by atoms with E-state index >= 15 is 0 Å². The first kappa shape index (κ1) is 17.8. The molecule has 0 radical (unpaired) electrons. The summed E-state index contributed by atoms with van der Waals surface area (Å²) >= 11 is 0. The average Bonchev–Trinajstić information content (AvgIpc) is 3.24. The number of fused-ring (bicyclic) bond motifs is 1. The lowest BCUT2D eigenvalue weighted by Gasteiger charge is -2.25. The van der Waals surface area contributed by atoms with Crippen LogP contribution in [0.5, 0.6) is 0 Å². The van der Waals surface area contributed by atoms with E-state index in [0.29, 0.717) is 6.42 Å². The van der Waals surface area contributed by atoms with Crippen molar-refractivity contribution in [3.8, 4) is 0 Å². The van der Waals surface area contributed by atoms with Gasteiger partial charge in [-0.05, 0) is 19.9 Å². The molecule has 1 aliphatic rings. The molecule has 0 saturated carbocycles. The Hall–Kier alpha value is -2.60. The van der Waals surface area contributed by atoms with E-state index in [1.165, 1.54) is 5.56 Å². The summed E-state index contributed by atoms with van der Waals surface area (Å²) in [6.45, 7) is 5.57. The van der Waals surface area contributed by atoms with Crippen LogP contribution in [0.2, 0.25) is 0 Å². The fourth-order valence-electron chi connectivity index (χ4n) is 4.23. The SMILES string of the molecule is Cc1oc2ccccc2c1CNC[C@@H]1CC(=O)N(C)[C@H]1c1cnn(C)c1C. The van der Waals surface area contributed by atoms with Crippen molar-refractivity contribution in [1.82, 2.24) is 20.0 Å². The van der Waals surface area contributed by atoms with Gasteiger partial charge < -0.3 is 14.6 Å². The van der Waals surface area contributed by atoms with E-state index in [9.17, 15) is 4.79 Å². The minimum atomic E-state index is 0.0703. The van der Waals surface area contributed by atoms with Crippen LogP contribution in [0.1, 0.15) is 35.0 Å². The number of benzene rings is 1. The maximum absolute atomic E-state index is 12.4. The molecule has 6 nitrogen and oxygen atoms in total. The van der Waals surface area contributed by atoms with Gasteiger partial charge in [-0.1, -0.05) is 18.2 Å². The fraction of sp³-hybridized carbons (Fsp3) is 0.429. The zero-order chi connectivity index (χ0) is 19.1. The largest absolute Gasteiger partial charge is 0.461 e. The highest BCUT2D eigenvalue weighted by Crippen LogP contribution is 2.38. The molecule has 142 valence electrons. The molecule has 3 aromatic rings. The van der Waals surface area contributed by atoms with E-state index < -0.39 is 0 Å². The standard InChI is InChI=1S/C21H26N4O2/c1-13-17(12-23-25(13)4)21-15(9-20(26)24(21)3)10-22-11-18-14(2)27-19-8-6-5-7-16(18)19/h5-8,12,15,21-22H,9-11H2,1-4H3/t15-,21+/m0/s1. The lowest BCUT2D eigenvalue weighted by molar-refractivity contribution is -0.127. The van der Waals surface area contributed by atoms with E-state index in [2.05, 4.69) is 23.4 Å². The molecule has 1 aliphatic heterocycles. The number of furan rings is 1. The Morgan fingerprint density at radius 2 is 2.04 bits per heavy atom. The third-order valence-corrected chi connectivity index (χ3v) is 5.89. The van der Waals surface area contributed by atoms with Gasteiger partial charge in [0.15, 0.2) is 0 Å². The number of amides is 1. The summed E-state index contributed by atoms with van der Waals surface area (Å²) in [5, 5.41) is 9.09. The Labute approximate surface area is 159 Å². The molecular weight excluding hydrogens is 340 g/mol. The number of aryl methyl sites for hydroxylation is 2. The van der Waals surface area contributed by atoms with Gasteiger partial charge in [-0.25, -0.2) is 0 Å². The summed E-state index contributed by atoms with van der Waals surface area (Å²) in [6.07, 6.45) is 2.46. The maximum Gasteiger partial charge on any atom is 0.223 e. The first-order valence-electron chi connectivity index (χ1n) is 9.39. The number of carbonyl (C=O) groups excluding carboxylic acids is 1. The number of hydrogen-bond donors (Lipinski definition) is 1. The van der Waals surface area contributed by atoms with Crippen LogP contribution < -0.4 is 5.32 Å². The van der Waals surface area contributed by atoms with Gasteiger partial charge in [0.2, 0.25) is 5.91 Å². The smallest absolute Gasteiger partial charge is 0.223 e. The zero-order valence-corrected chi connectivity index (χ0v) is 16.3. The van der Waals surface area contributed by atoms with Gasteiger partial charge in [0, 0.05) is 61.7 Å². The predicted octanol–water partition coefficient (Wildman–Crippen LogP) is 3.09. The number of hydrogen-bond acceptors (Lipinski definition) is 4. The van der Waals surface area contributed by atoms with Gasteiger partial charge >= 0.3 is 0 Å². The molecule has 0 bridgehead atoms. The maximum atomic E-state index is 12.4. The number of rotatable bonds is 5. The molecular formula is C21H26N4O2. The second kappa shape index (κ2) is 6.85. The highest BCUT2D eigenvalue weighted by atomic mass is 16.3. The number of para-hydroxylation sites is 1. The van der Waals surface area contributed by atoms with Gasteiger partial charge in [-0.3, -0.25) is 9.48 Å². The Balaban J connectivity index is 1.50. The summed E-state index contributed by atoms with van der Waals surface area (Å²) in [4.78, 5) is 14.2. The molecule has 2 aromatic heterocycles. The summed E-state index contributed by atoms with van der Waals surface area (Å²) < 4.78 is 7.72. The van der Waals surface area contributed by atoms with E-state index in [1.807, 2.05) is 55.0 Å². The first-order valence-corrected chi connectivity index (χ1v) is 9.39. The van der Waals surface area contributed by atoms with Gasteiger partial charge in [0.05, 0.1) is 12.2 Å². The highest BCUT2D eigenvalue weighted by Gasteiger charge is 2.39. The second-order valence-corrected chi connectivity index (χ2v) is 7.49. The molecule has 1 amide bonds. The molecule has 0 aliphatic carbocycles. The predicted molar refractivity (Wildman–Crippen MR) is 104 cm³/mol. The minimum Gasteiger partial charge on any atom is -0.461 e. The molecule has 6 heteroatoms. The van der Waals surface area contributed by atoms with Crippen LogP contribution >= 0.6 is 0 Å². The summed E-state index contributed by atoms with van der Waals surface area (Å²) in [6, 6.07) is 8.19. The normalized spacial score (nSPS) is 20.1. The van der Waals surface area contributed by atoms with E-state index in [4.69, 9.17) is 4.42 Å². The second-order valence-electron chi connectivity index (χ2n) is 7.49. The topological polar surface area (TPSA) is 63.3 Å². The Kier molecular flexibility index (Phi) is 4.52. The summed E-state index contributed by atoms with van der Waals surface area (Å²) in [7, 11) is 3.84. The zero-order valence-electron chi connectivity index (χ0n) is 16.3. The van der Waals surface area contributed by atoms with Crippen molar-refractivity contribution < 1.29 is 9.21 Å². The van der Waals surface area contributed by atoms with E-state index in [-0.39, 0.29) is 17.9 Å². The van der Waals surface area contributed by atoms with Crippen LogP contribution in [0.15, 0.2) is 34.9 Å². The van der Waals surface area contributed by atoms with Crippen molar-refractivity contribution >= 4 is 16.9 Å². The van der Waals surface area contributed by atoms with Gasteiger partial charge in [-0.2, -0.15) is 5.10 Å². The number of nitrogens with one attached hydrogen (secondary N) is 1. The first-order chi connectivity index (χ1) is 13.0. The Morgan fingerprint density at radius 1 is 1.26 bits per heavy atom. The van der Waals surface area contributed by atoms with E-state index in [1.54, 1.807) is 0 Å². The number of carbonyl (C=O) groups is 1. The molecule has 1 aromatic carbocycles. The molecule has 1 fully saturated rings. The number of nitrogens with zero attached hydrogens (tertiary/aromatic N) is 3. The Bertz CT molecular complexity index is 987. The molecule has 2 atom stereocenters. The van der Waals surface area contributed by atoms with Crippen LogP contribution in [-0.2, 0) is 18.4 Å². The lowest BCUT2D eigenvalue weighted by atomic mass is 9.94. The average molecular weight is 366 g/mol. The lowest BCUT2D eigenvalue weighted by Crippen LogP contribution is -2.29. The van der Waals surface area contributed by atoms with Gasteiger partial charge in [-0.15, -0.1) is 0 Å². The van der Waals surface area contributed by atoms with Crippen molar-refractivity contribution in [2.45, 2.75) is 32.9 Å².